The Hall–Kier alpha value is -2.80. The quantitative estimate of drug-likeness (QED) is 0.422. The summed E-state index contributed by atoms with van der Waals surface area (Å²) < 4.78 is 23.0. The van der Waals surface area contributed by atoms with Crippen LogP contribution in [0.15, 0.2) is 48.5 Å². The molecule has 1 N–H and O–H groups in total. The Labute approximate surface area is 180 Å². The lowest BCUT2D eigenvalue weighted by Gasteiger charge is -2.06. The molecule has 0 fully saturated rings. The zero-order valence-electron chi connectivity index (χ0n) is 17.1. The Morgan fingerprint density at radius 2 is 1.77 bits per heavy atom. The standard InChI is InChI=1S/C23H26FN3O2S/c1-2-3-4-5-14-25-22(28)16-18-8-12-20(13-9-18)29-23-26-21(27-30-23)15-17-6-10-19(24)11-7-17/h6-13H,2-5,14-16H2,1H3,(H,25,28). The lowest BCUT2D eigenvalue weighted by Crippen LogP contribution is -2.26. The van der Waals surface area contributed by atoms with E-state index in [9.17, 15) is 9.18 Å². The summed E-state index contributed by atoms with van der Waals surface area (Å²) in [6.07, 6.45) is 5.45. The van der Waals surface area contributed by atoms with Gasteiger partial charge in [-0.1, -0.05) is 50.5 Å². The monoisotopic (exact) mass is 427 g/mol. The van der Waals surface area contributed by atoms with E-state index in [2.05, 4.69) is 21.6 Å². The van der Waals surface area contributed by atoms with Crippen LogP contribution in [0.2, 0.25) is 0 Å². The van der Waals surface area contributed by atoms with E-state index in [-0.39, 0.29) is 11.7 Å². The van der Waals surface area contributed by atoms with Gasteiger partial charge in [0.1, 0.15) is 11.6 Å². The molecule has 0 unspecified atom stereocenters. The number of benzene rings is 2. The Morgan fingerprint density at radius 3 is 2.50 bits per heavy atom. The summed E-state index contributed by atoms with van der Waals surface area (Å²) in [4.78, 5) is 16.4. The van der Waals surface area contributed by atoms with Gasteiger partial charge in [-0.25, -0.2) is 4.39 Å². The second kappa shape index (κ2) is 11.4. The summed E-state index contributed by atoms with van der Waals surface area (Å²) >= 11 is 1.17. The largest absolute Gasteiger partial charge is 0.430 e. The van der Waals surface area contributed by atoms with E-state index in [0.29, 0.717) is 29.6 Å². The third-order valence-electron chi connectivity index (χ3n) is 4.57. The van der Waals surface area contributed by atoms with Crippen LogP contribution in [0.25, 0.3) is 0 Å². The average Bonchev–Trinajstić information content (AvgIpc) is 3.18. The summed E-state index contributed by atoms with van der Waals surface area (Å²) in [5, 5.41) is 3.41. The molecule has 1 heterocycles. The van der Waals surface area contributed by atoms with Gasteiger partial charge in [-0.15, -0.1) is 0 Å². The fourth-order valence-corrected chi connectivity index (χ4v) is 3.51. The number of carbonyl (C=O) groups is 1. The van der Waals surface area contributed by atoms with E-state index in [1.54, 1.807) is 12.1 Å². The van der Waals surface area contributed by atoms with Gasteiger partial charge in [-0.3, -0.25) is 4.79 Å². The second-order valence-corrected chi connectivity index (χ2v) is 7.83. The van der Waals surface area contributed by atoms with Gasteiger partial charge in [0, 0.05) is 24.5 Å². The van der Waals surface area contributed by atoms with Crippen LogP contribution in [0.1, 0.15) is 49.6 Å². The van der Waals surface area contributed by atoms with Crippen molar-refractivity contribution in [1.29, 1.82) is 0 Å². The molecule has 1 amide bonds. The minimum Gasteiger partial charge on any atom is -0.430 e. The van der Waals surface area contributed by atoms with Gasteiger partial charge in [-0.2, -0.15) is 9.36 Å². The van der Waals surface area contributed by atoms with Crippen LogP contribution in [0.3, 0.4) is 0 Å². The third kappa shape index (κ3) is 7.22. The van der Waals surface area contributed by atoms with E-state index in [4.69, 9.17) is 4.74 Å². The van der Waals surface area contributed by atoms with E-state index in [1.165, 1.54) is 36.5 Å². The van der Waals surface area contributed by atoms with Gasteiger partial charge in [0.15, 0.2) is 5.82 Å². The minimum atomic E-state index is -0.262. The average molecular weight is 428 g/mol. The molecule has 0 aliphatic rings. The van der Waals surface area contributed by atoms with Gasteiger partial charge >= 0.3 is 0 Å². The molecular weight excluding hydrogens is 401 g/mol. The molecule has 0 aliphatic carbocycles. The molecule has 0 saturated carbocycles. The van der Waals surface area contributed by atoms with E-state index in [0.717, 1.165) is 30.5 Å². The van der Waals surface area contributed by atoms with Crippen LogP contribution in [0.4, 0.5) is 4.39 Å². The first-order valence-corrected chi connectivity index (χ1v) is 11.0. The topological polar surface area (TPSA) is 64.1 Å². The number of nitrogens with one attached hydrogen (secondary N) is 1. The zero-order chi connectivity index (χ0) is 21.2. The van der Waals surface area contributed by atoms with Gasteiger partial charge in [0.05, 0.1) is 6.42 Å². The molecule has 0 bridgehead atoms. The number of amides is 1. The van der Waals surface area contributed by atoms with Crippen LogP contribution in [0, 0.1) is 5.82 Å². The highest BCUT2D eigenvalue weighted by atomic mass is 32.1. The molecular formula is C23H26FN3O2S. The maximum Gasteiger partial charge on any atom is 0.298 e. The van der Waals surface area contributed by atoms with Crippen molar-refractivity contribution in [2.75, 3.05) is 6.54 Å². The second-order valence-electron chi connectivity index (χ2n) is 7.11. The molecule has 0 atom stereocenters. The fraction of sp³-hybridized carbons (Fsp3) is 0.348. The number of carbonyl (C=O) groups excluding carboxylic acids is 1. The molecule has 7 heteroatoms. The van der Waals surface area contributed by atoms with Crippen LogP contribution in [-0.2, 0) is 17.6 Å². The number of aromatic nitrogens is 2. The predicted octanol–water partition coefficient (Wildman–Crippen LogP) is 5.30. The van der Waals surface area contributed by atoms with E-state index < -0.39 is 0 Å². The summed E-state index contributed by atoms with van der Waals surface area (Å²) in [5.74, 6) is 1.05. The number of hydrogen-bond acceptors (Lipinski definition) is 5. The molecule has 0 spiro atoms. The van der Waals surface area contributed by atoms with Gasteiger partial charge in [0.2, 0.25) is 5.91 Å². The SMILES string of the molecule is CCCCCCNC(=O)Cc1ccc(Oc2nc(Cc3ccc(F)cc3)ns2)cc1. The van der Waals surface area contributed by atoms with E-state index in [1.807, 2.05) is 24.3 Å². The zero-order valence-corrected chi connectivity index (χ0v) is 17.9. The molecule has 5 nitrogen and oxygen atoms in total. The molecule has 0 saturated heterocycles. The van der Waals surface area contributed by atoms with Crippen molar-refractivity contribution in [3.05, 3.63) is 71.3 Å². The Kier molecular flexibility index (Phi) is 8.32. The maximum atomic E-state index is 13.0. The summed E-state index contributed by atoms with van der Waals surface area (Å²) in [6.45, 7) is 2.90. The number of halogens is 1. The van der Waals surface area contributed by atoms with Crippen molar-refractivity contribution in [3.8, 4) is 10.9 Å². The first-order chi connectivity index (χ1) is 14.6. The van der Waals surface area contributed by atoms with Crippen molar-refractivity contribution >= 4 is 17.4 Å². The van der Waals surface area contributed by atoms with Crippen molar-refractivity contribution in [2.45, 2.75) is 45.4 Å². The normalized spacial score (nSPS) is 10.7. The van der Waals surface area contributed by atoms with Crippen molar-refractivity contribution in [2.24, 2.45) is 0 Å². The Morgan fingerprint density at radius 1 is 1.03 bits per heavy atom. The molecule has 2 aromatic carbocycles. The van der Waals surface area contributed by atoms with Gasteiger partial charge in [-0.05, 0) is 41.8 Å². The molecule has 3 rings (SSSR count). The third-order valence-corrected chi connectivity index (χ3v) is 5.20. The highest BCUT2D eigenvalue weighted by molar-refractivity contribution is 7.07. The first kappa shape index (κ1) is 21.9. The lowest BCUT2D eigenvalue weighted by molar-refractivity contribution is -0.120. The minimum absolute atomic E-state index is 0.0368. The molecule has 1 aromatic heterocycles. The number of nitrogens with zero attached hydrogens (tertiary/aromatic N) is 2. The summed E-state index contributed by atoms with van der Waals surface area (Å²) in [5.41, 5.74) is 1.87. The maximum absolute atomic E-state index is 13.0. The Bertz CT molecular complexity index is 926. The van der Waals surface area contributed by atoms with Crippen LogP contribution < -0.4 is 10.1 Å². The molecule has 3 aromatic rings. The van der Waals surface area contributed by atoms with Crippen LogP contribution in [0.5, 0.6) is 10.9 Å². The van der Waals surface area contributed by atoms with Crippen molar-refractivity contribution < 1.29 is 13.9 Å². The molecule has 158 valence electrons. The smallest absolute Gasteiger partial charge is 0.298 e. The number of hydrogen-bond donors (Lipinski definition) is 1. The number of ether oxygens (including phenoxy) is 1. The Balaban J connectivity index is 1.45. The van der Waals surface area contributed by atoms with Crippen LogP contribution >= 0.6 is 11.5 Å². The first-order valence-electron chi connectivity index (χ1n) is 10.2. The van der Waals surface area contributed by atoms with Crippen molar-refractivity contribution in [3.63, 3.8) is 0 Å². The summed E-state index contributed by atoms with van der Waals surface area (Å²) in [6, 6.07) is 13.7. The lowest BCUT2D eigenvalue weighted by atomic mass is 10.1. The van der Waals surface area contributed by atoms with Gasteiger partial charge in [0.25, 0.3) is 5.19 Å². The van der Waals surface area contributed by atoms with Crippen molar-refractivity contribution in [1.82, 2.24) is 14.7 Å². The fourth-order valence-electron chi connectivity index (χ4n) is 2.94. The highest BCUT2D eigenvalue weighted by Crippen LogP contribution is 2.24. The summed E-state index contributed by atoms with van der Waals surface area (Å²) in [7, 11) is 0. The molecule has 30 heavy (non-hydrogen) atoms. The number of rotatable bonds is 11. The molecule has 0 radical (unpaired) electrons. The van der Waals surface area contributed by atoms with Gasteiger partial charge < -0.3 is 10.1 Å². The highest BCUT2D eigenvalue weighted by Gasteiger charge is 2.08. The molecule has 0 aliphatic heterocycles. The van der Waals surface area contributed by atoms with Crippen LogP contribution in [-0.4, -0.2) is 21.8 Å². The van der Waals surface area contributed by atoms with E-state index >= 15 is 0 Å². The predicted molar refractivity (Wildman–Crippen MR) is 116 cm³/mol. The number of unbranched alkanes of at least 4 members (excludes halogenated alkanes) is 3.